The number of carbonyl (C=O) groups is 2. The monoisotopic (exact) mass is 655 g/mol. The molecule has 0 spiro atoms. The number of hydrogen-bond acceptors (Lipinski definition) is 7. The number of aromatic nitrogens is 1. The molecule has 1 saturated heterocycles. The van der Waals surface area contributed by atoms with E-state index in [-0.39, 0.29) is 37.0 Å². The highest BCUT2D eigenvalue weighted by Crippen LogP contribution is 2.30. The summed E-state index contributed by atoms with van der Waals surface area (Å²) in [5.41, 5.74) is 7.97. The van der Waals surface area contributed by atoms with Gasteiger partial charge < -0.3 is 31.2 Å². The third-order valence-electron chi connectivity index (χ3n) is 7.09. The number of morpholine rings is 1. The van der Waals surface area contributed by atoms with Gasteiger partial charge in [-0.05, 0) is 48.2 Å². The van der Waals surface area contributed by atoms with Crippen LogP contribution in [0.5, 0.6) is 0 Å². The maximum Gasteiger partial charge on any atom is 0.407 e. The van der Waals surface area contributed by atoms with Crippen LogP contribution >= 0.6 is 11.6 Å². The quantitative estimate of drug-likeness (QED) is 0.221. The van der Waals surface area contributed by atoms with E-state index < -0.39 is 54.4 Å². The van der Waals surface area contributed by atoms with Gasteiger partial charge in [-0.3, -0.25) is 9.78 Å². The van der Waals surface area contributed by atoms with Gasteiger partial charge in [0.05, 0.1) is 42.9 Å². The minimum absolute atomic E-state index is 0.1000. The topological polar surface area (TPSA) is 128 Å². The maximum atomic E-state index is 14.9. The van der Waals surface area contributed by atoms with Crippen molar-refractivity contribution < 1.29 is 41.0 Å². The smallest absolute Gasteiger partial charge is 0.407 e. The zero-order chi connectivity index (χ0) is 32.6. The van der Waals surface area contributed by atoms with Crippen molar-refractivity contribution in [3.63, 3.8) is 0 Å². The van der Waals surface area contributed by atoms with Crippen molar-refractivity contribution in [3.8, 4) is 0 Å². The normalized spacial score (nSPS) is 18.1. The van der Waals surface area contributed by atoms with Crippen molar-refractivity contribution in [2.24, 2.45) is 5.73 Å². The molecule has 45 heavy (non-hydrogen) atoms. The lowest BCUT2D eigenvalue weighted by atomic mass is 9.85. The van der Waals surface area contributed by atoms with Gasteiger partial charge in [-0.1, -0.05) is 35.9 Å². The van der Waals surface area contributed by atoms with Gasteiger partial charge in [0.2, 0.25) is 5.91 Å². The Bertz CT molecular complexity index is 1460. The molecule has 0 unspecified atom stereocenters. The summed E-state index contributed by atoms with van der Waals surface area (Å²) >= 11 is 6.19. The minimum Gasteiger partial charge on any atom is -0.448 e. The average molecular weight is 656 g/mol. The fourth-order valence-corrected chi connectivity index (χ4v) is 5.03. The molecule has 242 valence electrons. The lowest BCUT2D eigenvalue weighted by Crippen LogP contribution is -2.49. The van der Waals surface area contributed by atoms with Crippen LogP contribution in [0.4, 0.5) is 32.4 Å². The van der Waals surface area contributed by atoms with E-state index >= 15 is 0 Å². The van der Waals surface area contributed by atoms with Crippen molar-refractivity contribution in [2.75, 3.05) is 31.6 Å². The Hall–Kier alpha value is -3.85. The summed E-state index contributed by atoms with van der Waals surface area (Å²) in [7, 11) is 0. The number of ether oxygens (including phenoxy) is 2. The zero-order valence-electron chi connectivity index (χ0n) is 23.8. The van der Waals surface area contributed by atoms with Gasteiger partial charge in [0.25, 0.3) is 0 Å². The maximum absolute atomic E-state index is 14.9. The molecule has 1 fully saturated rings. The van der Waals surface area contributed by atoms with E-state index in [1.54, 1.807) is 29.6 Å². The number of alkyl halides is 3. The van der Waals surface area contributed by atoms with E-state index in [1.807, 2.05) is 0 Å². The lowest BCUT2D eigenvalue weighted by Gasteiger charge is -2.30. The third kappa shape index (κ3) is 10.1. The number of alkyl carbamates (subject to hydrolysis) is 1. The first-order chi connectivity index (χ1) is 21.4. The Morgan fingerprint density at radius 1 is 1.13 bits per heavy atom. The summed E-state index contributed by atoms with van der Waals surface area (Å²) in [6, 6.07) is 10.8. The molecule has 4 atom stereocenters. The van der Waals surface area contributed by atoms with Crippen LogP contribution in [0.25, 0.3) is 0 Å². The zero-order valence-corrected chi connectivity index (χ0v) is 24.5. The van der Waals surface area contributed by atoms with Crippen molar-refractivity contribution in [2.45, 2.75) is 43.1 Å². The van der Waals surface area contributed by atoms with Crippen molar-refractivity contribution in [3.05, 3.63) is 94.3 Å². The molecule has 2 amide bonds. The minimum atomic E-state index is -4.55. The fourth-order valence-electron chi connectivity index (χ4n) is 4.83. The molecule has 2 heterocycles. The van der Waals surface area contributed by atoms with Crippen LogP contribution in [0.3, 0.4) is 0 Å². The molecule has 1 aliphatic heterocycles. The fraction of sp³-hybridized carbons (Fsp3) is 0.367. The molecule has 2 aromatic carbocycles. The van der Waals surface area contributed by atoms with Crippen LogP contribution in [-0.4, -0.2) is 67.7 Å². The Morgan fingerprint density at radius 3 is 2.56 bits per heavy atom. The Kier molecular flexibility index (Phi) is 11.7. The standard InChI is InChI=1S/C30H31ClF5N5O4/c31-19-3-1-2-18(10-19)26(17-4-6-20(32)7-5-17)27(37)28(42)41-25-13-38-12-24(33)23(25)9-8-22-11-39-21(14-44-22)15-45-29(43)40-16-30(34,35)36/h1-7,10,12-13,21-22,26-27,39H,8-9,11,14-16,37H2,(H,40,43)(H,41,42)/t21-,22+,26+,27-/m0/s1. The van der Waals surface area contributed by atoms with E-state index in [9.17, 15) is 31.5 Å². The number of anilines is 1. The van der Waals surface area contributed by atoms with Gasteiger partial charge in [0.1, 0.15) is 24.8 Å². The van der Waals surface area contributed by atoms with Gasteiger partial charge in [0, 0.05) is 23.0 Å². The predicted octanol–water partition coefficient (Wildman–Crippen LogP) is 4.69. The van der Waals surface area contributed by atoms with Gasteiger partial charge >= 0.3 is 12.3 Å². The van der Waals surface area contributed by atoms with Crippen molar-refractivity contribution in [1.29, 1.82) is 0 Å². The molecule has 0 bridgehead atoms. The van der Waals surface area contributed by atoms with E-state index in [2.05, 4.69) is 15.6 Å². The van der Waals surface area contributed by atoms with Crippen molar-refractivity contribution in [1.82, 2.24) is 15.6 Å². The molecule has 0 saturated carbocycles. The first-order valence-corrected chi connectivity index (χ1v) is 14.3. The summed E-state index contributed by atoms with van der Waals surface area (Å²) in [5, 5.41) is 7.81. The lowest BCUT2D eigenvalue weighted by molar-refractivity contribution is -0.124. The van der Waals surface area contributed by atoms with E-state index in [0.29, 0.717) is 29.1 Å². The Labute approximate surface area is 260 Å². The van der Waals surface area contributed by atoms with Crippen LogP contribution in [0.1, 0.15) is 29.0 Å². The van der Waals surface area contributed by atoms with Gasteiger partial charge in [-0.2, -0.15) is 13.2 Å². The highest BCUT2D eigenvalue weighted by Gasteiger charge is 2.30. The molecular formula is C30H31ClF5N5O4. The second-order valence-electron chi connectivity index (χ2n) is 10.4. The number of carbonyl (C=O) groups excluding carboxylic acids is 2. The number of rotatable bonds is 11. The Morgan fingerprint density at radius 2 is 1.89 bits per heavy atom. The molecule has 15 heteroatoms. The van der Waals surface area contributed by atoms with Gasteiger partial charge in [-0.15, -0.1) is 0 Å². The van der Waals surface area contributed by atoms with E-state index in [4.69, 9.17) is 26.8 Å². The largest absolute Gasteiger partial charge is 0.448 e. The molecule has 9 nitrogen and oxygen atoms in total. The molecule has 0 aliphatic carbocycles. The van der Waals surface area contributed by atoms with Gasteiger partial charge in [-0.25, -0.2) is 13.6 Å². The number of nitrogens with one attached hydrogen (secondary N) is 3. The number of nitrogens with zero attached hydrogens (tertiary/aromatic N) is 1. The van der Waals surface area contributed by atoms with Crippen LogP contribution in [0.2, 0.25) is 5.02 Å². The summed E-state index contributed by atoms with van der Waals surface area (Å²) in [6.07, 6.45) is -3.29. The number of hydrogen-bond donors (Lipinski definition) is 4. The van der Waals surface area contributed by atoms with Crippen molar-refractivity contribution >= 4 is 29.3 Å². The second kappa shape index (κ2) is 15.4. The number of pyridine rings is 1. The summed E-state index contributed by atoms with van der Waals surface area (Å²) in [5.74, 6) is -2.43. The van der Waals surface area contributed by atoms with E-state index in [0.717, 1.165) is 6.20 Å². The first-order valence-electron chi connectivity index (χ1n) is 13.9. The molecule has 4 rings (SSSR count). The van der Waals surface area contributed by atoms with Crippen LogP contribution in [0.15, 0.2) is 60.9 Å². The SMILES string of the molecule is N[C@H](C(=O)Nc1cncc(F)c1CC[C@@H]1CN[C@H](COC(=O)NCC(F)(F)F)CO1)[C@H](c1ccc(F)cc1)c1cccc(Cl)c1. The highest BCUT2D eigenvalue weighted by atomic mass is 35.5. The number of nitrogens with two attached hydrogens (primary N) is 1. The number of benzene rings is 2. The molecule has 0 radical (unpaired) electrons. The first kappa shape index (κ1) is 34.0. The molecule has 1 aromatic heterocycles. The second-order valence-corrected chi connectivity index (χ2v) is 10.8. The summed E-state index contributed by atoms with van der Waals surface area (Å²) in [6.45, 7) is -1.31. The number of halogens is 6. The van der Waals surface area contributed by atoms with Crippen LogP contribution < -0.4 is 21.7 Å². The molecule has 1 aliphatic rings. The Balaban J connectivity index is 1.36. The summed E-state index contributed by atoms with van der Waals surface area (Å²) in [4.78, 5) is 28.7. The molecule has 3 aromatic rings. The predicted molar refractivity (Wildman–Crippen MR) is 156 cm³/mol. The summed E-state index contributed by atoms with van der Waals surface area (Å²) < 4.78 is 75.8. The number of amides is 2. The highest BCUT2D eigenvalue weighted by molar-refractivity contribution is 6.30. The molecular weight excluding hydrogens is 625 g/mol. The van der Waals surface area contributed by atoms with E-state index in [1.165, 1.54) is 30.5 Å². The van der Waals surface area contributed by atoms with Crippen LogP contribution in [0, 0.1) is 11.6 Å². The van der Waals surface area contributed by atoms with Crippen LogP contribution in [-0.2, 0) is 20.7 Å². The third-order valence-corrected chi connectivity index (χ3v) is 7.33. The average Bonchev–Trinajstić information content (AvgIpc) is 3.00. The molecule has 5 N–H and O–H groups in total. The van der Waals surface area contributed by atoms with Gasteiger partial charge in [0.15, 0.2) is 0 Å².